The minimum absolute atomic E-state index is 0.0243. The van der Waals surface area contributed by atoms with Crippen molar-refractivity contribution in [2.75, 3.05) is 0 Å². The Balaban J connectivity index is 1.67. The predicted molar refractivity (Wildman–Crippen MR) is 140 cm³/mol. The van der Waals surface area contributed by atoms with Gasteiger partial charge in [-0.2, -0.15) is 0 Å². The van der Waals surface area contributed by atoms with E-state index in [-0.39, 0.29) is 45.3 Å². The molecule has 36 heavy (non-hydrogen) atoms. The molecule has 4 aliphatic rings. The van der Waals surface area contributed by atoms with Gasteiger partial charge in [0.15, 0.2) is 0 Å². The van der Waals surface area contributed by atoms with E-state index in [0.717, 1.165) is 25.7 Å². The summed E-state index contributed by atoms with van der Waals surface area (Å²) in [6.07, 6.45) is 7.20. The van der Waals surface area contributed by atoms with Crippen molar-refractivity contribution in [1.82, 2.24) is 0 Å². The number of aliphatic hydroxyl groups excluding tert-OH is 3. The molecule has 6 nitrogen and oxygen atoms in total. The third kappa shape index (κ3) is 3.88. The summed E-state index contributed by atoms with van der Waals surface area (Å²) < 4.78 is 0. The average Bonchev–Trinajstić information content (AvgIpc) is 3.15. The molecule has 0 amide bonds. The second-order valence-electron chi connectivity index (χ2n) is 15.1. The zero-order valence-electron chi connectivity index (χ0n) is 23.8. The lowest BCUT2D eigenvalue weighted by molar-refractivity contribution is -0.297. The fraction of sp³-hybridized carbons (Fsp3) is 0.933. The van der Waals surface area contributed by atoms with E-state index in [9.17, 15) is 20.4 Å². The first kappa shape index (κ1) is 28.5. The van der Waals surface area contributed by atoms with Crippen LogP contribution in [0.15, 0.2) is 12.2 Å². The van der Waals surface area contributed by atoms with Crippen molar-refractivity contribution in [3.05, 3.63) is 12.2 Å². The molecule has 0 bridgehead atoms. The van der Waals surface area contributed by atoms with Crippen molar-refractivity contribution >= 4 is 0 Å². The molecule has 0 aromatic rings. The van der Waals surface area contributed by atoms with Gasteiger partial charge in [0.25, 0.3) is 0 Å². The van der Waals surface area contributed by atoms with Crippen LogP contribution < -0.4 is 0 Å². The molecular weight excluding hydrogens is 456 g/mol. The van der Waals surface area contributed by atoms with E-state index in [1.807, 2.05) is 13.0 Å². The van der Waals surface area contributed by atoms with Gasteiger partial charge in [0.1, 0.15) is 5.60 Å². The first-order valence-corrected chi connectivity index (χ1v) is 14.2. The Morgan fingerprint density at radius 2 is 1.47 bits per heavy atom. The normalized spacial score (nSPS) is 50.3. The van der Waals surface area contributed by atoms with Gasteiger partial charge in [-0.3, -0.25) is 5.26 Å². The molecule has 0 radical (unpaired) electrons. The SMILES string of the molecule is CC(C)(C=CCC(C)(O)C1CCC2(C)C1C(O)CC1C3(C)C(O)CC(O)C(C)(C)C3CCC12C)OO. The van der Waals surface area contributed by atoms with Crippen molar-refractivity contribution < 1.29 is 30.6 Å². The molecule has 4 fully saturated rings. The minimum atomic E-state index is -0.994. The lowest BCUT2D eigenvalue weighted by Crippen LogP contribution is -2.69. The van der Waals surface area contributed by atoms with E-state index >= 15 is 0 Å². The Morgan fingerprint density at radius 3 is 2.08 bits per heavy atom. The Hall–Kier alpha value is -0.500. The molecule has 4 rings (SSSR count). The summed E-state index contributed by atoms with van der Waals surface area (Å²) >= 11 is 0. The van der Waals surface area contributed by atoms with Crippen LogP contribution in [-0.2, 0) is 4.89 Å². The maximum absolute atomic E-state index is 11.8. The van der Waals surface area contributed by atoms with Crippen LogP contribution in [0.3, 0.4) is 0 Å². The monoisotopic (exact) mass is 508 g/mol. The van der Waals surface area contributed by atoms with Crippen LogP contribution in [0.5, 0.6) is 0 Å². The Kier molecular flexibility index (Phi) is 6.93. The van der Waals surface area contributed by atoms with Crippen LogP contribution in [-0.4, -0.2) is 55.2 Å². The van der Waals surface area contributed by atoms with Gasteiger partial charge < -0.3 is 20.4 Å². The first-order valence-electron chi connectivity index (χ1n) is 14.2. The minimum Gasteiger partial charge on any atom is -0.393 e. The van der Waals surface area contributed by atoms with Crippen molar-refractivity contribution in [3.63, 3.8) is 0 Å². The molecule has 11 atom stereocenters. The van der Waals surface area contributed by atoms with Gasteiger partial charge in [0.05, 0.1) is 23.9 Å². The van der Waals surface area contributed by atoms with Crippen LogP contribution >= 0.6 is 0 Å². The molecule has 0 aliphatic heterocycles. The number of hydrogen-bond donors (Lipinski definition) is 5. The standard InChI is InChI=1S/C30H52O6/c1-25(2,36-35)12-9-13-29(7,34)18-10-14-28(6)24(18)19(31)16-21-27(28,5)15-11-20-26(3,4)22(32)17-23(33)30(20,21)8/h9,12,18-24,31-35H,10-11,13-17H2,1-8H3. The second kappa shape index (κ2) is 8.76. The van der Waals surface area contributed by atoms with Gasteiger partial charge in [-0.1, -0.05) is 46.8 Å². The lowest BCUT2D eigenvalue weighted by atomic mass is 9.34. The largest absolute Gasteiger partial charge is 0.393 e. The highest BCUT2D eigenvalue weighted by Crippen LogP contribution is 2.75. The number of hydrogen-bond acceptors (Lipinski definition) is 6. The van der Waals surface area contributed by atoms with Gasteiger partial charge in [0, 0.05) is 11.8 Å². The summed E-state index contributed by atoms with van der Waals surface area (Å²) in [5.74, 6) is 0.270. The van der Waals surface area contributed by atoms with Crippen molar-refractivity contribution in [1.29, 1.82) is 0 Å². The summed E-state index contributed by atoms with van der Waals surface area (Å²) in [5.41, 5.74) is -2.69. The Labute approximate surface area is 218 Å². The van der Waals surface area contributed by atoms with Crippen LogP contribution in [0.25, 0.3) is 0 Å². The predicted octanol–water partition coefficient (Wildman–Crippen LogP) is 4.94. The molecular formula is C30H52O6. The average molecular weight is 509 g/mol. The molecule has 208 valence electrons. The highest BCUT2D eigenvalue weighted by molar-refractivity contribution is 5.21. The van der Waals surface area contributed by atoms with Crippen molar-refractivity contribution in [2.45, 2.75) is 130 Å². The molecule has 0 spiro atoms. The summed E-state index contributed by atoms with van der Waals surface area (Å²) in [7, 11) is 0. The quantitative estimate of drug-likeness (QED) is 0.204. The van der Waals surface area contributed by atoms with Crippen LogP contribution in [0.2, 0.25) is 0 Å². The third-order valence-electron chi connectivity index (χ3n) is 12.6. The third-order valence-corrected chi connectivity index (χ3v) is 12.6. The number of aliphatic hydroxyl groups is 4. The summed E-state index contributed by atoms with van der Waals surface area (Å²) in [4.78, 5) is 4.51. The fourth-order valence-electron chi connectivity index (χ4n) is 10.1. The van der Waals surface area contributed by atoms with E-state index < -0.39 is 29.5 Å². The Bertz CT molecular complexity index is 866. The van der Waals surface area contributed by atoms with Gasteiger partial charge in [0.2, 0.25) is 0 Å². The maximum Gasteiger partial charge on any atom is 0.116 e. The van der Waals surface area contributed by atoms with Crippen LogP contribution in [0.1, 0.15) is 100 Å². The van der Waals surface area contributed by atoms with E-state index in [2.05, 4.69) is 39.5 Å². The van der Waals surface area contributed by atoms with E-state index in [4.69, 9.17) is 5.26 Å². The highest BCUT2D eigenvalue weighted by atomic mass is 17.1. The van der Waals surface area contributed by atoms with E-state index in [1.165, 1.54) is 0 Å². The number of fused-ring (bicyclic) bond motifs is 5. The first-order chi connectivity index (χ1) is 16.4. The number of rotatable bonds is 5. The van der Waals surface area contributed by atoms with E-state index in [1.54, 1.807) is 19.9 Å². The molecule has 6 heteroatoms. The second-order valence-corrected chi connectivity index (χ2v) is 15.1. The van der Waals surface area contributed by atoms with Crippen LogP contribution in [0, 0.1) is 45.3 Å². The summed E-state index contributed by atoms with van der Waals surface area (Å²) in [5, 5.41) is 54.9. The smallest absolute Gasteiger partial charge is 0.116 e. The van der Waals surface area contributed by atoms with Gasteiger partial charge >= 0.3 is 0 Å². The molecule has 0 heterocycles. The topological polar surface area (TPSA) is 110 Å². The lowest BCUT2D eigenvalue weighted by Gasteiger charge is -2.71. The highest BCUT2D eigenvalue weighted by Gasteiger charge is 2.72. The molecule has 0 saturated heterocycles. The van der Waals surface area contributed by atoms with Crippen molar-refractivity contribution in [2.24, 2.45) is 45.3 Å². The molecule has 11 unspecified atom stereocenters. The van der Waals surface area contributed by atoms with Crippen LogP contribution in [0.4, 0.5) is 0 Å². The molecule has 4 saturated carbocycles. The van der Waals surface area contributed by atoms with E-state index in [0.29, 0.717) is 19.3 Å². The summed E-state index contributed by atoms with van der Waals surface area (Å²) in [6, 6.07) is 0. The zero-order chi connectivity index (χ0) is 27.1. The molecule has 5 N–H and O–H groups in total. The van der Waals surface area contributed by atoms with Gasteiger partial charge in [-0.15, -0.1) is 0 Å². The zero-order valence-corrected chi connectivity index (χ0v) is 23.8. The Morgan fingerprint density at radius 1 is 0.861 bits per heavy atom. The maximum atomic E-state index is 11.8. The fourth-order valence-corrected chi connectivity index (χ4v) is 10.1. The van der Waals surface area contributed by atoms with Crippen molar-refractivity contribution in [3.8, 4) is 0 Å². The van der Waals surface area contributed by atoms with Gasteiger partial charge in [-0.05, 0) is 99.2 Å². The molecule has 0 aromatic heterocycles. The van der Waals surface area contributed by atoms with Gasteiger partial charge in [-0.25, -0.2) is 4.89 Å². The molecule has 4 aliphatic carbocycles. The summed E-state index contributed by atoms with van der Waals surface area (Å²) in [6.45, 7) is 16.7. The molecule has 0 aromatic carbocycles.